The van der Waals surface area contributed by atoms with Gasteiger partial charge in [0.1, 0.15) is 18.8 Å². The highest BCUT2D eigenvalue weighted by Gasteiger charge is 2.50. The Morgan fingerprint density at radius 3 is 1.28 bits per heavy atom. The summed E-state index contributed by atoms with van der Waals surface area (Å²) < 4.78 is 28.4. The molecule has 6 atom stereocenters. The topological polar surface area (TPSA) is 175 Å². The van der Waals surface area contributed by atoms with Crippen molar-refractivity contribution < 1.29 is 58.2 Å². The van der Waals surface area contributed by atoms with Crippen molar-refractivity contribution in [2.75, 3.05) is 13.2 Å². The predicted molar refractivity (Wildman–Crippen MR) is 276 cm³/mol. The fraction of sp³-hybridized carbons (Fsp3) is 0.895. The number of rotatable bonds is 49. The second-order valence-electron chi connectivity index (χ2n) is 19.9. The molecule has 1 aliphatic heterocycles. The van der Waals surface area contributed by atoms with Crippen molar-refractivity contribution in [3.05, 3.63) is 12.2 Å². The van der Waals surface area contributed by atoms with Crippen LogP contribution in [0.5, 0.6) is 0 Å². The number of carboxylic acid groups (broad SMARTS) is 1. The van der Waals surface area contributed by atoms with Crippen LogP contribution >= 0.6 is 0 Å². The summed E-state index contributed by atoms with van der Waals surface area (Å²) in [6, 6.07) is 0. The van der Waals surface area contributed by atoms with Crippen LogP contribution in [-0.4, -0.2) is 89.2 Å². The van der Waals surface area contributed by atoms with Crippen LogP contribution in [0.3, 0.4) is 0 Å². The third-order valence-electron chi connectivity index (χ3n) is 13.3. The maximum absolute atomic E-state index is 13.1. The lowest BCUT2D eigenvalue weighted by atomic mass is 9.98. The van der Waals surface area contributed by atoms with Crippen LogP contribution in [0.1, 0.15) is 278 Å². The van der Waals surface area contributed by atoms with Crippen molar-refractivity contribution in [1.82, 2.24) is 0 Å². The molecule has 0 bridgehead atoms. The molecule has 0 amide bonds. The number of carbonyl (C=O) groups excluding carboxylic acids is 3. The molecule has 0 aromatic carbocycles. The van der Waals surface area contributed by atoms with E-state index in [1.807, 2.05) is 0 Å². The van der Waals surface area contributed by atoms with E-state index in [0.29, 0.717) is 19.3 Å². The van der Waals surface area contributed by atoms with E-state index in [-0.39, 0.29) is 25.9 Å². The van der Waals surface area contributed by atoms with Crippen molar-refractivity contribution in [3.8, 4) is 0 Å². The van der Waals surface area contributed by atoms with E-state index in [1.165, 1.54) is 141 Å². The molecule has 3 N–H and O–H groups in total. The number of aliphatic hydroxyl groups is 2. The zero-order chi connectivity index (χ0) is 50.4. The van der Waals surface area contributed by atoms with Crippen LogP contribution in [0.2, 0.25) is 0 Å². The molecule has 0 spiro atoms. The number of carbonyl (C=O) groups is 4. The largest absolute Gasteiger partial charge is 0.479 e. The van der Waals surface area contributed by atoms with E-state index < -0.39 is 67.3 Å². The number of aliphatic hydroxyl groups excluding tert-OH is 2. The smallest absolute Gasteiger partial charge is 0.335 e. The molecular formula is C57H104O12. The first-order chi connectivity index (χ1) is 33.6. The van der Waals surface area contributed by atoms with Gasteiger partial charge in [-0.3, -0.25) is 14.4 Å². The van der Waals surface area contributed by atoms with E-state index in [1.54, 1.807) is 0 Å². The van der Waals surface area contributed by atoms with Crippen LogP contribution in [0.4, 0.5) is 0 Å². The van der Waals surface area contributed by atoms with Gasteiger partial charge in [0.15, 0.2) is 24.6 Å². The maximum Gasteiger partial charge on any atom is 0.335 e. The number of unbranched alkanes of at least 4 members (excludes halogenated alkanes) is 33. The van der Waals surface area contributed by atoms with Crippen molar-refractivity contribution in [2.45, 2.75) is 314 Å². The number of allylic oxidation sites excluding steroid dienone is 2. The van der Waals surface area contributed by atoms with Gasteiger partial charge < -0.3 is 39.0 Å². The lowest BCUT2D eigenvalue weighted by molar-refractivity contribution is -0.301. The number of carboxylic acids is 1. The second-order valence-corrected chi connectivity index (χ2v) is 19.9. The molecule has 404 valence electrons. The van der Waals surface area contributed by atoms with E-state index in [0.717, 1.165) is 77.0 Å². The van der Waals surface area contributed by atoms with Crippen LogP contribution in [-0.2, 0) is 42.9 Å². The first-order valence-corrected chi connectivity index (χ1v) is 28.7. The van der Waals surface area contributed by atoms with Crippen LogP contribution < -0.4 is 0 Å². The summed E-state index contributed by atoms with van der Waals surface area (Å²) in [6.07, 6.45) is 37.6. The van der Waals surface area contributed by atoms with Gasteiger partial charge in [-0.25, -0.2) is 4.79 Å². The Morgan fingerprint density at radius 1 is 0.464 bits per heavy atom. The molecule has 69 heavy (non-hydrogen) atoms. The Morgan fingerprint density at radius 2 is 0.841 bits per heavy atom. The van der Waals surface area contributed by atoms with Crippen LogP contribution in [0, 0.1) is 0 Å². The summed E-state index contributed by atoms with van der Waals surface area (Å²) in [7, 11) is 0. The third kappa shape index (κ3) is 37.0. The number of esters is 3. The molecule has 1 fully saturated rings. The molecule has 1 heterocycles. The van der Waals surface area contributed by atoms with Gasteiger partial charge in [0.25, 0.3) is 0 Å². The highest BCUT2D eigenvalue weighted by molar-refractivity contribution is 5.74. The minimum Gasteiger partial charge on any atom is -0.479 e. The summed E-state index contributed by atoms with van der Waals surface area (Å²) in [5.74, 6) is -3.10. The van der Waals surface area contributed by atoms with Crippen molar-refractivity contribution >= 4 is 23.9 Å². The molecule has 12 nitrogen and oxygen atoms in total. The Hall–Kier alpha value is -2.54. The number of hydrogen-bond donors (Lipinski definition) is 3. The van der Waals surface area contributed by atoms with E-state index in [9.17, 15) is 34.5 Å². The molecule has 0 aliphatic carbocycles. The van der Waals surface area contributed by atoms with Gasteiger partial charge in [-0.2, -0.15) is 0 Å². The lowest BCUT2D eigenvalue weighted by Crippen LogP contribution is -2.61. The Bertz CT molecular complexity index is 1260. The molecule has 12 heteroatoms. The summed E-state index contributed by atoms with van der Waals surface area (Å²) in [5, 5.41) is 31.4. The average Bonchev–Trinajstić information content (AvgIpc) is 3.33. The molecule has 0 aromatic heterocycles. The normalized spacial score (nSPS) is 18.7. The predicted octanol–water partition coefficient (Wildman–Crippen LogP) is 14.1. The molecule has 6 unspecified atom stereocenters. The first kappa shape index (κ1) is 64.5. The van der Waals surface area contributed by atoms with Crippen molar-refractivity contribution in [3.63, 3.8) is 0 Å². The van der Waals surface area contributed by atoms with Gasteiger partial charge in [0.05, 0.1) is 6.61 Å². The minimum atomic E-state index is -1.90. The van der Waals surface area contributed by atoms with Gasteiger partial charge in [-0.1, -0.05) is 232 Å². The van der Waals surface area contributed by atoms with Gasteiger partial charge in [0.2, 0.25) is 0 Å². The van der Waals surface area contributed by atoms with Gasteiger partial charge in [-0.05, 0) is 38.5 Å². The standard InChI is InChI=1S/C57H104O12/c1-4-7-10-13-16-19-22-24-25-27-30-33-36-39-42-45-51(60)68-55-53(62)52(61)54(56(63)64)69-57(55)66-47-48(67-50(59)44-41-38-35-32-28-21-18-15-12-9-6-3)46-65-49(58)43-40-37-34-31-29-26-23-20-17-14-11-8-5-2/h15,18,48,52-55,57,61-62H,4-14,16-17,19-47H2,1-3H3,(H,63,64)/b18-15-. The van der Waals surface area contributed by atoms with E-state index in [2.05, 4.69) is 32.9 Å². The number of ether oxygens (including phenoxy) is 5. The molecule has 1 aliphatic rings. The Labute approximate surface area is 420 Å². The summed E-state index contributed by atoms with van der Waals surface area (Å²) >= 11 is 0. The van der Waals surface area contributed by atoms with Crippen molar-refractivity contribution in [1.29, 1.82) is 0 Å². The molecule has 0 radical (unpaired) electrons. The summed E-state index contributed by atoms with van der Waals surface area (Å²) in [4.78, 5) is 50.9. The average molecular weight is 981 g/mol. The SMILES string of the molecule is CCCC/C=C\CCCCCCCC(=O)OC(COC(=O)CCCCCCCCCCCCCCC)COC1OC(C(=O)O)C(O)C(O)C1OC(=O)CCCCCCCCCCCCCCCCC. The molecule has 0 saturated carbocycles. The lowest BCUT2D eigenvalue weighted by Gasteiger charge is -2.40. The number of aliphatic carboxylic acids is 1. The molecular weight excluding hydrogens is 877 g/mol. The van der Waals surface area contributed by atoms with Crippen LogP contribution in [0.15, 0.2) is 12.2 Å². The summed E-state index contributed by atoms with van der Waals surface area (Å²) in [5.41, 5.74) is 0. The van der Waals surface area contributed by atoms with Gasteiger partial charge in [-0.15, -0.1) is 0 Å². The van der Waals surface area contributed by atoms with E-state index in [4.69, 9.17) is 23.7 Å². The Kier molecular flexibility index (Phi) is 43.5. The highest BCUT2D eigenvalue weighted by Crippen LogP contribution is 2.26. The van der Waals surface area contributed by atoms with Crippen LogP contribution in [0.25, 0.3) is 0 Å². The molecule has 0 aromatic rings. The minimum absolute atomic E-state index is 0.0676. The second kappa shape index (κ2) is 46.5. The number of hydrogen-bond acceptors (Lipinski definition) is 11. The molecule has 1 saturated heterocycles. The maximum atomic E-state index is 13.1. The van der Waals surface area contributed by atoms with Gasteiger partial charge in [0, 0.05) is 19.3 Å². The zero-order valence-corrected chi connectivity index (χ0v) is 44.3. The highest BCUT2D eigenvalue weighted by atomic mass is 16.7. The fourth-order valence-corrected chi connectivity index (χ4v) is 8.88. The fourth-order valence-electron chi connectivity index (χ4n) is 8.88. The molecule has 1 rings (SSSR count). The quantitative estimate of drug-likeness (QED) is 0.0228. The van der Waals surface area contributed by atoms with Crippen molar-refractivity contribution in [2.24, 2.45) is 0 Å². The third-order valence-corrected chi connectivity index (χ3v) is 13.3. The monoisotopic (exact) mass is 981 g/mol. The van der Waals surface area contributed by atoms with Gasteiger partial charge >= 0.3 is 23.9 Å². The zero-order valence-electron chi connectivity index (χ0n) is 44.3. The Balaban J connectivity index is 2.68. The summed E-state index contributed by atoms with van der Waals surface area (Å²) in [6.45, 7) is 5.96. The first-order valence-electron chi connectivity index (χ1n) is 28.7. The van der Waals surface area contributed by atoms with E-state index >= 15 is 0 Å².